The van der Waals surface area contributed by atoms with Crippen LogP contribution >= 0.6 is 0 Å². The van der Waals surface area contributed by atoms with Gasteiger partial charge in [-0.25, -0.2) is 4.79 Å². The second-order valence-electron chi connectivity index (χ2n) is 10.7. The van der Waals surface area contributed by atoms with Gasteiger partial charge < -0.3 is 20.5 Å². The maximum absolute atomic E-state index is 12.9. The van der Waals surface area contributed by atoms with Gasteiger partial charge in [0.1, 0.15) is 12.1 Å². The van der Waals surface area contributed by atoms with Gasteiger partial charge in [-0.1, -0.05) is 127 Å². The molecule has 8 nitrogen and oxygen atoms in total. The van der Waals surface area contributed by atoms with Crippen LogP contribution in [0.4, 0.5) is 0 Å². The molecule has 1 rings (SSSR count). The van der Waals surface area contributed by atoms with Crippen LogP contribution in [0.15, 0.2) is 30.3 Å². The minimum atomic E-state index is -1.27. The van der Waals surface area contributed by atoms with Crippen molar-refractivity contribution < 1.29 is 29.0 Å². The van der Waals surface area contributed by atoms with Crippen molar-refractivity contribution in [3.63, 3.8) is 0 Å². The number of carbonyl (C=O) groups is 4. The molecule has 0 bridgehead atoms. The van der Waals surface area contributed by atoms with Crippen molar-refractivity contribution in [2.24, 2.45) is 0 Å². The van der Waals surface area contributed by atoms with E-state index >= 15 is 0 Å². The summed E-state index contributed by atoms with van der Waals surface area (Å²) in [7, 11) is 1.22. The SMILES string of the molecule is CCCCCCCCCCCCCCCCCC(=O)N[C@@H](CC(=O)O)C(=O)N[C@@H](Cc1ccccc1)C(=O)OC. The summed E-state index contributed by atoms with van der Waals surface area (Å²) < 4.78 is 4.81. The van der Waals surface area contributed by atoms with E-state index in [4.69, 9.17) is 4.74 Å². The lowest BCUT2D eigenvalue weighted by Gasteiger charge is -2.21. The maximum Gasteiger partial charge on any atom is 0.328 e. The molecule has 0 unspecified atom stereocenters. The van der Waals surface area contributed by atoms with Crippen LogP contribution in [0.25, 0.3) is 0 Å². The van der Waals surface area contributed by atoms with Crippen molar-refractivity contribution in [1.29, 1.82) is 0 Å². The Balaban J connectivity index is 2.29. The molecule has 0 radical (unpaired) electrons. The highest BCUT2D eigenvalue weighted by molar-refractivity contribution is 5.93. The van der Waals surface area contributed by atoms with Gasteiger partial charge >= 0.3 is 11.9 Å². The topological polar surface area (TPSA) is 122 Å². The number of unbranched alkanes of at least 4 members (excludes halogenated alkanes) is 14. The molecule has 1 aromatic rings. The molecule has 40 heavy (non-hydrogen) atoms. The Morgan fingerprint density at radius 3 is 1.70 bits per heavy atom. The molecule has 226 valence electrons. The molecule has 2 atom stereocenters. The fourth-order valence-electron chi connectivity index (χ4n) is 4.76. The van der Waals surface area contributed by atoms with Crippen molar-refractivity contribution in [2.45, 2.75) is 135 Å². The van der Waals surface area contributed by atoms with E-state index < -0.39 is 36.4 Å². The minimum absolute atomic E-state index is 0.187. The number of methoxy groups -OCH3 is 1. The first-order chi connectivity index (χ1) is 19.4. The highest BCUT2D eigenvalue weighted by atomic mass is 16.5. The smallest absolute Gasteiger partial charge is 0.328 e. The zero-order valence-electron chi connectivity index (χ0n) is 24.8. The number of carboxylic acid groups (broad SMARTS) is 1. The van der Waals surface area contributed by atoms with Gasteiger partial charge in [-0.15, -0.1) is 0 Å². The molecule has 2 amide bonds. The summed E-state index contributed by atoms with van der Waals surface area (Å²) in [5.41, 5.74) is 0.810. The number of carboxylic acids is 1. The molecule has 8 heteroatoms. The predicted molar refractivity (Wildman–Crippen MR) is 158 cm³/mol. The van der Waals surface area contributed by atoms with E-state index in [0.29, 0.717) is 6.42 Å². The predicted octanol–water partition coefficient (Wildman–Crippen LogP) is 6.11. The van der Waals surface area contributed by atoms with Crippen molar-refractivity contribution >= 4 is 23.8 Å². The van der Waals surface area contributed by atoms with Crippen molar-refractivity contribution in [1.82, 2.24) is 10.6 Å². The molecule has 0 aliphatic rings. The van der Waals surface area contributed by atoms with Gasteiger partial charge in [0.25, 0.3) is 0 Å². The summed E-state index contributed by atoms with van der Waals surface area (Å²) >= 11 is 0. The fraction of sp³-hybridized carbons (Fsp3) is 0.688. The van der Waals surface area contributed by atoms with Crippen molar-refractivity contribution in [2.75, 3.05) is 7.11 Å². The molecule has 0 heterocycles. The number of ether oxygens (including phenoxy) is 1. The quantitative estimate of drug-likeness (QED) is 0.104. The lowest BCUT2D eigenvalue weighted by atomic mass is 10.0. The highest BCUT2D eigenvalue weighted by Gasteiger charge is 2.29. The summed E-state index contributed by atoms with van der Waals surface area (Å²) in [6, 6.07) is 6.83. The Kier molecular flexibility index (Phi) is 20.1. The molecule has 0 aliphatic carbocycles. The van der Waals surface area contributed by atoms with Crippen LogP contribution in [-0.2, 0) is 30.3 Å². The first-order valence-electron chi connectivity index (χ1n) is 15.3. The molecule has 1 aromatic carbocycles. The van der Waals surface area contributed by atoms with Gasteiger partial charge in [-0.2, -0.15) is 0 Å². The summed E-state index contributed by atoms with van der Waals surface area (Å²) in [5, 5.41) is 14.4. The van der Waals surface area contributed by atoms with Crippen LogP contribution in [0.3, 0.4) is 0 Å². The first kappa shape index (κ1) is 35.1. The Hall–Kier alpha value is -2.90. The zero-order chi connectivity index (χ0) is 29.4. The van der Waals surface area contributed by atoms with Crippen LogP contribution in [0.1, 0.15) is 122 Å². The van der Waals surface area contributed by atoms with Crippen LogP contribution < -0.4 is 10.6 Å². The second kappa shape index (κ2) is 22.9. The molecule has 0 saturated heterocycles. The normalized spacial score (nSPS) is 12.3. The summed E-state index contributed by atoms with van der Waals surface area (Å²) in [4.78, 5) is 48.9. The number of hydrogen-bond acceptors (Lipinski definition) is 5. The van der Waals surface area contributed by atoms with Crippen LogP contribution in [0.5, 0.6) is 0 Å². The lowest BCUT2D eigenvalue weighted by Crippen LogP contribution is -2.53. The molecule has 0 aliphatic heterocycles. The summed E-state index contributed by atoms with van der Waals surface area (Å²) in [6.45, 7) is 2.25. The second-order valence-corrected chi connectivity index (χ2v) is 10.7. The molecule has 0 aromatic heterocycles. The van der Waals surface area contributed by atoms with Gasteiger partial charge in [0.05, 0.1) is 13.5 Å². The van der Waals surface area contributed by atoms with E-state index in [-0.39, 0.29) is 18.7 Å². The highest BCUT2D eigenvalue weighted by Crippen LogP contribution is 2.14. The van der Waals surface area contributed by atoms with Gasteiger partial charge in [-0.3, -0.25) is 14.4 Å². The van der Waals surface area contributed by atoms with E-state index in [1.807, 2.05) is 30.3 Å². The molecule has 0 spiro atoms. The summed E-state index contributed by atoms with van der Waals surface area (Å²) in [6.07, 6.45) is 18.3. The number of rotatable bonds is 24. The van der Waals surface area contributed by atoms with Crippen LogP contribution in [0, 0.1) is 0 Å². The zero-order valence-corrected chi connectivity index (χ0v) is 24.8. The van der Waals surface area contributed by atoms with Gasteiger partial charge in [0.2, 0.25) is 11.8 Å². The largest absolute Gasteiger partial charge is 0.481 e. The third-order valence-corrected chi connectivity index (χ3v) is 7.12. The van der Waals surface area contributed by atoms with Crippen LogP contribution in [-0.4, -0.2) is 48.1 Å². The Bertz CT molecular complexity index is 845. The lowest BCUT2D eigenvalue weighted by molar-refractivity contribution is -0.145. The number of carbonyl (C=O) groups excluding carboxylic acids is 3. The van der Waals surface area contributed by atoms with Gasteiger partial charge in [0, 0.05) is 12.8 Å². The third-order valence-electron chi connectivity index (χ3n) is 7.12. The average Bonchev–Trinajstić information content (AvgIpc) is 2.94. The van der Waals surface area contributed by atoms with Gasteiger partial charge in [0.15, 0.2) is 0 Å². The number of aliphatic carboxylic acids is 1. The minimum Gasteiger partial charge on any atom is -0.481 e. The van der Waals surface area contributed by atoms with E-state index in [9.17, 15) is 24.3 Å². The Morgan fingerprint density at radius 2 is 1.23 bits per heavy atom. The molecule has 0 saturated carbocycles. The van der Waals surface area contributed by atoms with Crippen molar-refractivity contribution in [3.8, 4) is 0 Å². The number of amides is 2. The van der Waals surface area contributed by atoms with E-state index in [0.717, 1.165) is 24.8 Å². The number of benzene rings is 1. The molecule has 3 N–H and O–H groups in total. The third kappa shape index (κ3) is 17.6. The van der Waals surface area contributed by atoms with E-state index in [1.54, 1.807) is 0 Å². The molecule has 0 fully saturated rings. The number of esters is 1. The van der Waals surface area contributed by atoms with E-state index in [2.05, 4.69) is 17.6 Å². The fourth-order valence-corrected chi connectivity index (χ4v) is 4.76. The Labute approximate surface area is 241 Å². The average molecular weight is 561 g/mol. The standard InChI is InChI=1S/C32H52N2O6/c1-3-4-5-6-7-8-9-10-11-12-13-14-15-16-20-23-29(35)33-27(25-30(36)37)31(38)34-28(32(39)40-2)24-26-21-18-17-19-22-26/h17-19,21-22,27-28H,3-16,20,23-25H2,1-2H3,(H,33,35)(H,34,38)(H,36,37)/t27-,28-/m0/s1. The number of hydrogen-bond donors (Lipinski definition) is 3. The van der Waals surface area contributed by atoms with Crippen molar-refractivity contribution in [3.05, 3.63) is 35.9 Å². The Morgan fingerprint density at radius 1 is 0.725 bits per heavy atom. The summed E-state index contributed by atoms with van der Waals surface area (Å²) in [5.74, 6) is -2.95. The molecular weight excluding hydrogens is 508 g/mol. The monoisotopic (exact) mass is 560 g/mol. The number of nitrogens with one attached hydrogen (secondary N) is 2. The first-order valence-corrected chi connectivity index (χ1v) is 15.3. The van der Waals surface area contributed by atoms with Gasteiger partial charge in [-0.05, 0) is 12.0 Å². The van der Waals surface area contributed by atoms with E-state index in [1.165, 1.54) is 77.7 Å². The molecular formula is C32H52N2O6. The maximum atomic E-state index is 12.9. The van der Waals surface area contributed by atoms with Crippen LogP contribution in [0.2, 0.25) is 0 Å².